The van der Waals surface area contributed by atoms with Gasteiger partial charge in [-0.15, -0.1) is 0 Å². The second kappa shape index (κ2) is 9.50. The molecule has 0 heterocycles. The third-order valence-electron chi connectivity index (χ3n) is 3.30. The molecule has 0 spiro atoms. The SMILES string of the molecule is CCCN(CC)CCNC(C)C(=O)Nc1ccccc1. The highest BCUT2D eigenvalue weighted by molar-refractivity contribution is 5.94. The maximum Gasteiger partial charge on any atom is 0.241 e. The van der Waals surface area contributed by atoms with Gasteiger partial charge in [0.1, 0.15) is 0 Å². The molecule has 0 aliphatic heterocycles. The quantitative estimate of drug-likeness (QED) is 0.728. The highest BCUT2D eigenvalue weighted by atomic mass is 16.2. The van der Waals surface area contributed by atoms with E-state index in [1.807, 2.05) is 37.3 Å². The van der Waals surface area contributed by atoms with Crippen molar-refractivity contribution in [2.45, 2.75) is 33.2 Å². The van der Waals surface area contributed by atoms with E-state index in [0.29, 0.717) is 0 Å². The van der Waals surface area contributed by atoms with Crippen molar-refractivity contribution in [1.82, 2.24) is 10.2 Å². The molecule has 2 N–H and O–H groups in total. The predicted molar refractivity (Wildman–Crippen MR) is 84.9 cm³/mol. The van der Waals surface area contributed by atoms with Crippen LogP contribution in [0.1, 0.15) is 27.2 Å². The molecule has 1 aromatic carbocycles. The van der Waals surface area contributed by atoms with Crippen LogP contribution in [0.25, 0.3) is 0 Å². The molecule has 1 aromatic rings. The summed E-state index contributed by atoms with van der Waals surface area (Å²) in [6, 6.07) is 9.37. The van der Waals surface area contributed by atoms with Gasteiger partial charge in [-0.2, -0.15) is 0 Å². The minimum atomic E-state index is -0.185. The number of benzene rings is 1. The van der Waals surface area contributed by atoms with Gasteiger partial charge in [0, 0.05) is 18.8 Å². The van der Waals surface area contributed by atoms with Gasteiger partial charge in [-0.3, -0.25) is 4.79 Å². The highest BCUT2D eigenvalue weighted by Crippen LogP contribution is 2.05. The molecular formula is C16H27N3O. The number of hydrogen-bond acceptors (Lipinski definition) is 3. The summed E-state index contributed by atoms with van der Waals surface area (Å²) < 4.78 is 0. The molecule has 0 fully saturated rings. The Morgan fingerprint density at radius 1 is 1.20 bits per heavy atom. The topological polar surface area (TPSA) is 44.4 Å². The van der Waals surface area contributed by atoms with Crippen molar-refractivity contribution in [2.75, 3.05) is 31.5 Å². The summed E-state index contributed by atoms with van der Waals surface area (Å²) in [5.74, 6) is 0.00902. The summed E-state index contributed by atoms with van der Waals surface area (Å²) in [7, 11) is 0. The first-order chi connectivity index (χ1) is 9.67. The Morgan fingerprint density at radius 2 is 1.90 bits per heavy atom. The first-order valence-electron chi connectivity index (χ1n) is 7.49. The zero-order chi connectivity index (χ0) is 14.8. The van der Waals surface area contributed by atoms with Crippen molar-refractivity contribution in [3.8, 4) is 0 Å². The zero-order valence-corrected chi connectivity index (χ0v) is 12.9. The Labute approximate surface area is 122 Å². The Balaban J connectivity index is 2.28. The van der Waals surface area contributed by atoms with Crippen LogP contribution in [-0.4, -0.2) is 43.0 Å². The lowest BCUT2D eigenvalue weighted by atomic mass is 10.2. The molecule has 0 aliphatic rings. The van der Waals surface area contributed by atoms with Gasteiger partial charge in [-0.1, -0.05) is 32.0 Å². The number of rotatable bonds is 9. The Bertz CT molecular complexity index is 381. The number of anilines is 1. The van der Waals surface area contributed by atoms with Crippen LogP contribution in [0.2, 0.25) is 0 Å². The van der Waals surface area contributed by atoms with E-state index in [1.54, 1.807) is 0 Å². The summed E-state index contributed by atoms with van der Waals surface area (Å²) in [4.78, 5) is 14.4. The molecule has 4 nitrogen and oxygen atoms in total. The molecule has 0 saturated carbocycles. The lowest BCUT2D eigenvalue weighted by Gasteiger charge is -2.21. The lowest BCUT2D eigenvalue weighted by Crippen LogP contribution is -2.42. The number of carbonyl (C=O) groups excluding carboxylic acids is 1. The Morgan fingerprint density at radius 3 is 2.50 bits per heavy atom. The van der Waals surface area contributed by atoms with Crippen molar-refractivity contribution in [3.63, 3.8) is 0 Å². The average Bonchev–Trinajstić information content (AvgIpc) is 2.47. The fraction of sp³-hybridized carbons (Fsp3) is 0.562. The number of para-hydroxylation sites is 1. The van der Waals surface area contributed by atoms with Gasteiger partial charge in [0.25, 0.3) is 0 Å². The summed E-state index contributed by atoms with van der Waals surface area (Å²) in [6.07, 6.45) is 1.16. The average molecular weight is 277 g/mol. The van der Waals surface area contributed by atoms with E-state index in [1.165, 1.54) is 0 Å². The van der Waals surface area contributed by atoms with E-state index in [2.05, 4.69) is 29.4 Å². The standard InChI is InChI=1S/C16H27N3O/c1-4-12-19(5-2)13-11-17-14(3)16(20)18-15-9-7-6-8-10-15/h6-10,14,17H,4-5,11-13H2,1-3H3,(H,18,20). The van der Waals surface area contributed by atoms with Crippen molar-refractivity contribution in [3.05, 3.63) is 30.3 Å². The van der Waals surface area contributed by atoms with Gasteiger partial charge >= 0.3 is 0 Å². The first-order valence-corrected chi connectivity index (χ1v) is 7.49. The van der Waals surface area contributed by atoms with Gasteiger partial charge < -0.3 is 15.5 Å². The molecule has 1 rings (SSSR count). The van der Waals surface area contributed by atoms with E-state index >= 15 is 0 Å². The number of nitrogens with one attached hydrogen (secondary N) is 2. The summed E-state index contributed by atoms with van der Waals surface area (Å²) in [5.41, 5.74) is 0.840. The number of nitrogens with zero attached hydrogens (tertiary/aromatic N) is 1. The van der Waals surface area contributed by atoms with Gasteiger partial charge in [0.05, 0.1) is 6.04 Å². The maximum atomic E-state index is 12.0. The summed E-state index contributed by atoms with van der Waals surface area (Å²) in [6.45, 7) is 10.2. The van der Waals surface area contributed by atoms with Gasteiger partial charge in [0.15, 0.2) is 0 Å². The van der Waals surface area contributed by atoms with Crippen LogP contribution < -0.4 is 10.6 Å². The van der Waals surface area contributed by atoms with Gasteiger partial charge in [-0.05, 0) is 38.6 Å². The molecule has 1 amide bonds. The molecule has 0 saturated heterocycles. The number of likely N-dealkylation sites (N-methyl/N-ethyl adjacent to an activating group) is 1. The summed E-state index contributed by atoms with van der Waals surface area (Å²) >= 11 is 0. The molecule has 1 atom stereocenters. The molecule has 0 aromatic heterocycles. The molecule has 4 heteroatoms. The van der Waals surface area contributed by atoms with Crippen molar-refractivity contribution >= 4 is 11.6 Å². The molecular weight excluding hydrogens is 250 g/mol. The van der Waals surface area contributed by atoms with E-state index < -0.39 is 0 Å². The molecule has 112 valence electrons. The Kier molecular flexibility index (Phi) is 7.92. The smallest absolute Gasteiger partial charge is 0.241 e. The van der Waals surface area contributed by atoms with E-state index in [9.17, 15) is 4.79 Å². The zero-order valence-electron chi connectivity index (χ0n) is 12.9. The van der Waals surface area contributed by atoms with Crippen LogP contribution >= 0.6 is 0 Å². The molecule has 1 unspecified atom stereocenters. The van der Waals surface area contributed by atoms with E-state index in [-0.39, 0.29) is 11.9 Å². The fourth-order valence-electron chi connectivity index (χ4n) is 2.05. The molecule has 0 bridgehead atoms. The predicted octanol–water partition coefficient (Wildman–Crippen LogP) is 2.34. The first kappa shape index (κ1) is 16.7. The molecule has 20 heavy (non-hydrogen) atoms. The van der Waals surface area contributed by atoms with Crippen LogP contribution in [0.5, 0.6) is 0 Å². The van der Waals surface area contributed by atoms with Crippen LogP contribution in [0.15, 0.2) is 30.3 Å². The van der Waals surface area contributed by atoms with Crippen LogP contribution in [0.3, 0.4) is 0 Å². The maximum absolute atomic E-state index is 12.0. The third kappa shape index (κ3) is 6.17. The fourth-order valence-corrected chi connectivity index (χ4v) is 2.05. The normalized spacial score (nSPS) is 12.4. The van der Waals surface area contributed by atoms with E-state index in [4.69, 9.17) is 0 Å². The minimum Gasteiger partial charge on any atom is -0.325 e. The highest BCUT2D eigenvalue weighted by Gasteiger charge is 2.12. The molecule has 0 aliphatic carbocycles. The number of carbonyl (C=O) groups is 1. The number of amides is 1. The largest absolute Gasteiger partial charge is 0.325 e. The van der Waals surface area contributed by atoms with Crippen molar-refractivity contribution < 1.29 is 4.79 Å². The van der Waals surface area contributed by atoms with Crippen LogP contribution in [-0.2, 0) is 4.79 Å². The van der Waals surface area contributed by atoms with Crippen LogP contribution in [0, 0.1) is 0 Å². The second-order valence-corrected chi connectivity index (χ2v) is 4.97. The summed E-state index contributed by atoms with van der Waals surface area (Å²) in [5, 5.41) is 6.18. The second-order valence-electron chi connectivity index (χ2n) is 4.97. The van der Waals surface area contributed by atoms with Crippen molar-refractivity contribution in [2.24, 2.45) is 0 Å². The van der Waals surface area contributed by atoms with Gasteiger partial charge in [-0.25, -0.2) is 0 Å². The molecule has 0 radical (unpaired) electrons. The van der Waals surface area contributed by atoms with Crippen LogP contribution in [0.4, 0.5) is 5.69 Å². The van der Waals surface area contributed by atoms with E-state index in [0.717, 1.165) is 38.3 Å². The van der Waals surface area contributed by atoms with Gasteiger partial charge in [0.2, 0.25) is 5.91 Å². The lowest BCUT2D eigenvalue weighted by molar-refractivity contribution is -0.117. The third-order valence-corrected chi connectivity index (χ3v) is 3.30. The number of hydrogen-bond donors (Lipinski definition) is 2. The minimum absolute atomic E-state index is 0.00902. The monoisotopic (exact) mass is 277 g/mol. The Hall–Kier alpha value is -1.39. The van der Waals surface area contributed by atoms with Crippen molar-refractivity contribution in [1.29, 1.82) is 0 Å².